The third kappa shape index (κ3) is 2.26. The summed E-state index contributed by atoms with van der Waals surface area (Å²) in [7, 11) is 0. The van der Waals surface area contributed by atoms with Gasteiger partial charge in [0.1, 0.15) is 0 Å². The Balaban J connectivity index is 1.51. The van der Waals surface area contributed by atoms with Crippen molar-refractivity contribution in [3.63, 3.8) is 0 Å². The SMILES string of the molecule is O=C(c1ccccc1)C1C2C=CC1C(N1C(=O)c3ccccc3C1=O)C=C2. The molecule has 4 atom stereocenters. The maximum atomic E-state index is 13.1. The molecule has 0 N–H and O–H groups in total. The van der Waals surface area contributed by atoms with Gasteiger partial charge in [-0.3, -0.25) is 19.3 Å². The molecule has 4 heteroatoms. The molecule has 1 heterocycles. The quantitative estimate of drug-likeness (QED) is 0.481. The van der Waals surface area contributed by atoms with E-state index in [0.717, 1.165) is 0 Å². The van der Waals surface area contributed by atoms with E-state index >= 15 is 0 Å². The fourth-order valence-corrected chi connectivity index (χ4v) is 4.51. The lowest BCUT2D eigenvalue weighted by molar-refractivity contribution is 0.0536. The van der Waals surface area contributed by atoms with Crippen molar-refractivity contribution in [1.82, 2.24) is 4.90 Å². The zero-order valence-corrected chi connectivity index (χ0v) is 14.5. The van der Waals surface area contributed by atoms with Crippen molar-refractivity contribution in [2.45, 2.75) is 6.04 Å². The van der Waals surface area contributed by atoms with E-state index in [1.54, 1.807) is 24.3 Å². The molecule has 2 aromatic carbocycles. The van der Waals surface area contributed by atoms with Gasteiger partial charge in [-0.05, 0) is 12.1 Å². The minimum Gasteiger partial charge on any atom is -0.294 e. The van der Waals surface area contributed by atoms with Crippen LogP contribution in [0.5, 0.6) is 0 Å². The molecular weight excluding hydrogens is 338 g/mol. The molecule has 4 nitrogen and oxygen atoms in total. The molecule has 5 rings (SSSR count). The molecule has 4 unspecified atom stereocenters. The number of hydrogen-bond donors (Lipinski definition) is 0. The Morgan fingerprint density at radius 3 is 2.00 bits per heavy atom. The molecule has 0 spiro atoms. The molecule has 0 fully saturated rings. The molecule has 2 bridgehead atoms. The van der Waals surface area contributed by atoms with E-state index in [0.29, 0.717) is 16.7 Å². The van der Waals surface area contributed by atoms with Crippen LogP contribution in [0.4, 0.5) is 0 Å². The second kappa shape index (κ2) is 5.88. The second-order valence-corrected chi connectivity index (χ2v) is 7.20. The predicted molar refractivity (Wildman–Crippen MR) is 100 cm³/mol. The lowest BCUT2D eigenvalue weighted by Crippen LogP contribution is -2.47. The summed E-state index contributed by atoms with van der Waals surface area (Å²) in [6.45, 7) is 0. The van der Waals surface area contributed by atoms with Gasteiger partial charge in [-0.25, -0.2) is 0 Å². The Bertz CT molecular complexity index is 986. The fourth-order valence-electron chi connectivity index (χ4n) is 4.51. The lowest BCUT2D eigenvalue weighted by atomic mass is 9.74. The van der Waals surface area contributed by atoms with E-state index in [9.17, 15) is 14.4 Å². The highest BCUT2D eigenvalue weighted by Crippen LogP contribution is 2.43. The monoisotopic (exact) mass is 355 g/mol. The van der Waals surface area contributed by atoms with E-state index < -0.39 is 6.04 Å². The number of nitrogens with zero attached hydrogens (tertiary/aromatic N) is 1. The molecule has 0 aromatic heterocycles. The molecule has 1 aliphatic heterocycles. The van der Waals surface area contributed by atoms with Gasteiger partial charge < -0.3 is 0 Å². The van der Waals surface area contributed by atoms with Gasteiger partial charge in [0.25, 0.3) is 11.8 Å². The van der Waals surface area contributed by atoms with Crippen LogP contribution in [0.15, 0.2) is 78.9 Å². The Morgan fingerprint density at radius 2 is 1.33 bits per heavy atom. The molecule has 27 heavy (non-hydrogen) atoms. The number of ketones is 1. The minimum atomic E-state index is -0.440. The summed E-state index contributed by atoms with van der Waals surface area (Å²) < 4.78 is 0. The van der Waals surface area contributed by atoms with Crippen LogP contribution >= 0.6 is 0 Å². The smallest absolute Gasteiger partial charge is 0.262 e. The van der Waals surface area contributed by atoms with Crippen LogP contribution in [-0.4, -0.2) is 28.5 Å². The third-order valence-corrected chi connectivity index (χ3v) is 5.79. The average Bonchev–Trinajstić information content (AvgIpc) is 3.16. The van der Waals surface area contributed by atoms with Gasteiger partial charge in [0, 0.05) is 23.3 Å². The van der Waals surface area contributed by atoms with E-state index in [4.69, 9.17) is 0 Å². The number of fused-ring (bicyclic) bond motifs is 3. The summed E-state index contributed by atoms with van der Waals surface area (Å²) in [5.41, 5.74) is 1.54. The van der Waals surface area contributed by atoms with Gasteiger partial charge in [-0.2, -0.15) is 0 Å². The summed E-state index contributed by atoms with van der Waals surface area (Å²) in [6.07, 6.45) is 7.88. The van der Waals surface area contributed by atoms with E-state index in [1.165, 1.54) is 4.90 Å². The molecule has 132 valence electrons. The molecule has 2 amide bonds. The molecule has 0 saturated carbocycles. The van der Waals surface area contributed by atoms with Crippen molar-refractivity contribution in [1.29, 1.82) is 0 Å². The Kier molecular flexibility index (Phi) is 3.47. The van der Waals surface area contributed by atoms with E-state index in [2.05, 4.69) is 0 Å². The highest BCUT2D eigenvalue weighted by Gasteiger charge is 2.49. The Hall–Kier alpha value is -3.27. The van der Waals surface area contributed by atoms with Gasteiger partial charge in [0.2, 0.25) is 0 Å². The number of hydrogen-bond acceptors (Lipinski definition) is 3. The van der Waals surface area contributed by atoms with Crippen LogP contribution < -0.4 is 0 Å². The normalized spacial score (nSPS) is 27.9. The van der Waals surface area contributed by atoms with Crippen molar-refractivity contribution < 1.29 is 14.4 Å². The molecule has 2 aromatic rings. The van der Waals surface area contributed by atoms with Crippen LogP contribution in [0, 0.1) is 17.8 Å². The van der Waals surface area contributed by atoms with Crippen molar-refractivity contribution >= 4 is 17.6 Å². The number of benzene rings is 2. The summed E-state index contributed by atoms with van der Waals surface area (Å²) in [6, 6.07) is 15.7. The number of rotatable bonds is 3. The van der Waals surface area contributed by atoms with Crippen LogP contribution in [-0.2, 0) is 0 Å². The molecule has 3 aliphatic rings. The molecular formula is C23H17NO3. The number of carbonyl (C=O) groups is 3. The number of amides is 2. The molecule has 0 radical (unpaired) electrons. The predicted octanol–water partition coefficient (Wildman–Crippen LogP) is 3.52. The van der Waals surface area contributed by atoms with Gasteiger partial charge in [0.15, 0.2) is 5.78 Å². The molecule has 2 aliphatic carbocycles. The molecule has 0 saturated heterocycles. The number of allylic oxidation sites excluding steroid dienone is 2. The van der Waals surface area contributed by atoms with Crippen molar-refractivity contribution in [3.05, 3.63) is 95.6 Å². The maximum absolute atomic E-state index is 13.1. The first-order valence-electron chi connectivity index (χ1n) is 9.09. The van der Waals surface area contributed by atoms with Crippen LogP contribution in [0.3, 0.4) is 0 Å². The van der Waals surface area contributed by atoms with E-state index in [-0.39, 0.29) is 35.4 Å². The van der Waals surface area contributed by atoms with Crippen LogP contribution in [0.1, 0.15) is 31.1 Å². The number of carbonyl (C=O) groups excluding carboxylic acids is 3. The highest BCUT2D eigenvalue weighted by atomic mass is 16.2. The van der Waals surface area contributed by atoms with Gasteiger partial charge >= 0.3 is 0 Å². The van der Waals surface area contributed by atoms with Crippen molar-refractivity contribution in [2.24, 2.45) is 17.8 Å². The number of imide groups is 1. The van der Waals surface area contributed by atoms with Crippen molar-refractivity contribution in [3.8, 4) is 0 Å². The van der Waals surface area contributed by atoms with Crippen LogP contribution in [0.25, 0.3) is 0 Å². The Labute approximate surface area is 156 Å². The lowest BCUT2D eigenvalue weighted by Gasteiger charge is -2.36. The summed E-state index contributed by atoms with van der Waals surface area (Å²) >= 11 is 0. The topological polar surface area (TPSA) is 54.5 Å². The zero-order chi connectivity index (χ0) is 18.5. The highest BCUT2D eigenvalue weighted by molar-refractivity contribution is 6.21. The van der Waals surface area contributed by atoms with Crippen LogP contribution in [0.2, 0.25) is 0 Å². The average molecular weight is 355 g/mol. The van der Waals surface area contributed by atoms with Gasteiger partial charge in [0.05, 0.1) is 17.2 Å². The minimum absolute atomic E-state index is 0.00846. The first kappa shape index (κ1) is 15.9. The number of Topliss-reactive ketones (excluding diaryl/α,β-unsaturated/α-hetero) is 1. The van der Waals surface area contributed by atoms with Crippen molar-refractivity contribution in [2.75, 3.05) is 0 Å². The summed E-state index contributed by atoms with van der Waals surface area (Å²) in [5.74, 6) is -0.984. The largest absolute Gasteiger partial charge is 0.294 e. The Morgan fingerprint density at radius 1 is 0.741 bits per heavy atom. The zero-order valence-electron chi connectivity index (χ0n) is 14.5. The third-order valence-electron chi connectivity index (χ3n) is 5.79. The van der Waals surface area contributed by atoms with Gasteiger partial charge in [-0.15, -0.1) is 0 Å². The first-order chi connectivity index (χ1) is 13.2. The maximum Gasteiger partial charge on any atom is 0.262 e. The van der Waals surface area contributed by atoms with E-state index in [1.807, 2.05) is 54.6 Å². The second-order valence-electron chi connectivity index (χ2n) is 7.20. The summed E-state index contributed by atoms with van der Waals surface area (Å²) in [5, 5.41) is 0. The standard InChI is InChI=1S/C23H17NO3/c25-21(15-6-2-1-3-7-15)20-14-10-12-18(20)19(13-11-14)24-22(26)16-8-4-5-9-17(16)23(24)27/h1-14,18-20H. The summed E-state index contributed by atoms with van der Waals surface area (Å²) in [4.78, 5) is 40.2. The first-order valence-corrected chi connectivity index (χ1v) is 9.09. The van der Waals surface area contributed by atoms with Gasteiger partial charge in [-0.1, -0.05) is 66.8 Å². The fraction of sp³-hybridized carbons (Fsp3) is 0.174.